The highest BCUT2D eigenvalue weighted by Crippen LogP contribution is 2.40. The number of H-pyrrole nitrogens is 1. The molecular weight excluding hydrogens is 334 g/mol. The van der Waals surface area contributed by atoms with Gasteiger partial charge in [-0.15, -0.1) is 0 Å². The van der Waals surface area contributed by atoms with Gasteiger partial charge in [0.15, 0.2) is 4.77 Å². The summed E-state index contributed by atoms with van der Waals surface area (Å²) in [6.07, 6.45) is 6.45. The number of nitrogens with zero attached hydrogens (tertiary/aromatic N) is 2. The van der Waals surface area contributed by atoms with E-state index in [4.69, 9.17) is 12.2 Å². The summed E-state index contributed by atoms with van der Waals surface area (Å²) >= 11 is 5.38. The van der Waals surface area contributed by atoms with Crippen LogP contribution < -0.4 is 0 Å². The molecule has 1 saturated carbocycles. The first-order chi connectivity index (χ1) is 12.1. The Balaban J connectivity index is 1.61. The zero-order chi connectivity index (χ0) is 17.4. The number of hydrogen-bond donors (Lipinski definition) is 2. The van der Waals surface area contributed by atoms with Gasteiger partial charge >= 0.3 is 0 Å². The van der Waals surface area contributed by atoms with Gasteiger partial charge in [0, 0.05) is 30.9 Å². The van der Waals surface area contributed by atoms with Crippen molar-refractivity contribution < 1.29 is 9.90 Å². The standard InChI is InChI=1S/C19H23N3O2S/c23-17(21-11-10-19(24)9-5-4-6-14(19)13-21)16-12-20-18(25)22(16)15-7-2-1-3-8-15/h1-3,7-8,12,14,24H,4-6,9-11,13H2,(H,20,25). The number of nitrogens with one attached hydrogen (secondary N) is 1. The number of fused-ring (bicyclic) bond motifs is 1. The Morgan fingerprint density at radius 2 is 2.04 bits per heavy atom. The van der Waals surface area contributed by atoms with Gasteiger partial charge in [0.1, 0.15) is 5.69 Å². The Labute approximate surface area is 152 Å². The van der Waals surface area contributed by atoms with E-state index in [1.165, 1.54) is 0 Å². The van der Waals surface area contributed by atoms with E-state index < -0.39 is 5.60 Å². The molecule has 1 amide bonds. The molecule has 1 aliphatic heterocycles. The average molecular weight is 357 g/mol. The van der Waals surface area contributed by atoms with Crippen molar-refractivity contribution in [3.63, 3.8) is 0 Å². The van der Waals surface area contributed by atoms with Gasteiger partial charge < -0.3 is 15.0 Å². The number of hydrogen-bond acceptors (Lipinski definition) is 3. The Morgan fingerprint density at radius 3 is 2.84 bits per heavy atom. The van der Waals surface area contributed by atoms with Crippen LogP contribution in [0.4, 0.5) is 0 Å². The Kier molecular flexibility index (Phi) is 4.25. The molecule has 0 spiro atoms. The summed E-state index contributed by atoms with van der Waals surface area (Å²) < 4.78 is 2.31. The Bertz CT molecular complexity index is 829. The van der Waals surface area contributed by atoms with Crippen LogP contribution in [0, 0.1) is 10.7 Å². The number of carbonyl (C=O) groups excluding carboxylic acids is 1. The summed E-state index contributed by atoms with van der Waals surface area (Å²) in [5.41, 5.74) is 0.854. The maximum absolute atomic E-state index is 13.1. The van der Waals surface area contributed by atoms with E-state index in [9.17, 15) is 9.90 Å². The fourth-order valence-corrected chi connectivity index (χ4v) is 4.54. The van der Waals surface area contributed by atoms with Crippen LogP contribution in [0.15, 0.2) is 36.5 Å². The molecule has 2 aromatic rings. The fourth-order valence-electron chi connectivity index (χ4n) is 4.28. The first kappa shape index (κ1) is 16.5. The number of likely N-dealkylation sites (tertiary alicyclic amines) is 1. The van der Waals surface area contributed by atoms with E-state index in [1.807, 2.05) is 35.2 Å². The van der Waals surface area contributed by atoms with Gasteiger partial charge in [0.25, 0.3) is 5.91 Å². The Hall–Kier alpha value is -1.92. The van der Waals surface area contributed by atoms with Crippen LogP contribution in [0.25, 0.3) is 5.69 Å². The molecule has 132 valence electrons. The molecule has 1 saturated heterocycles. The maximum Gasteiger partial charge on any atom is 0.272 e. The first-order valence-corrected chi connectivity index (χ1v) is 9.37. The molecule has 2 atom stereocenters. The number of para-hydroxylation sites is 1. The average Bonchev–Trinajstić information content (AvgIpc) is 3.02. The van der Waals surface area contributed by atoms with Crippen molar-refractivity contribution in [2.24, 2.45) is 5.92 Å². The predicted molar refractivity (Wildman–Crippen MR) is 98.4 cm³/mol. The van der Waals surface area contributed by atoms with E-state index in [-0.39, 0.29) is 11.8 Å². The third-order valence-electron chi connectivity index (χ3n) is 5.72. The topological polar surface area (TPSA) is 61.3 Å². The molecule has 5 nitrogen and oxygen atoms in total. The monoisotopic (exact) mass is 357 g/mol. The van der Waals surface area contributed by atoms with Gasteiger partial charge in [0.2, 0.25) is 0 Å². The van der Waals surface area contributed by atoms with Crippen LogP contribution >= 0.6 is 12.2 Å². The van der Waals surface area contributed by atoms with E-state index in [0.29, 0.717) is 30.0 Å². The SMILES string of the molecule is O=C(c1c[nH]c(=S)n1-c1ccccc1)N1CCC2(O)CCCCC2C1. The zero-order valence-corrected chi connectivity index (χ0v) is 15.0. The third kappa shape index (κ3) is 2.93. The molecule has 4 rings (SSSR count). The van der Waals surface area contributed by atoms with Crippen LogP contribution in [0.1, 0.15) is 42.6 Å². The van der Waals surface area contributed by atoms with Crippen molar-refractivity contribution in [3.05, 3.63) is 47.0 Å². The smallest absolute Gasteiger partial charge is 0.272 e. The number of aliphatic hydroxyl groups is 1. The van der Waals surface area contributed by atoms with Gasteiger partial charge in [-0.1, -0.05) is 31.0 Å². The molecule has 1 aromatic heterocycles. The van der Waals surface area contributed by atoms with Gasteiger partial charge in [-0.25, -0.2) is 0 Å². The summed E-state index contributed by atoms with van der Waals surface area (Å²) in [5.74, 6) is 0.162. The largest absolute Gasteiger partial charge is 0.389 e. The minimum absolute atomic E-state index is 0.0242. The van der Waals surface area contributed by atoms with Crippen LogP contribution in [0.3, 0.4) is 0 Å². The number of amides is 1. The molecular formula is C19H23N3O2S. The third-order valence-corrected chi connectivity index (χ3v) is 6.03. The maximum atomic E-state index is 13.1. The number of rotatable bonds is 2. The minimum atomic E-state index is -0.578. The van der Waals surface area contributed by atoms with Crippen LogP contribution in [0.5, 0.6) is 0 Å². The summed E-state index contributed by atoms with van der Waals surface area (Å²) in [7, 11) is 0. The number of benzene rings is 1. The van der Waals surface area contributed by atoms with Gasteiger partial charge in [0.05, 0.1) is 5.60 Å². The molecule has 0 radical (unpaired) electrons. The molecule has 2 aliphatic rings. The minimum Gasteiger partial charge on any atom is -0.389 e. The normalized spacial score (nSPS) is 26.3. The van der Waals surface area contributed by atoms with E-state index in [2.05, 4.69) is 4.98 Å². The summed E-state index contributed by atoms with van der Waals surface area (Å²) in [6, 6.07) is 9.69. The molecule has 25 heavy (non-hydrogen) atoms. The van der Waals surface area contributed by atoms with Crippen LogP contribution in [0.2, 0.25) is 0 Å². The number of aromatic nitrogens is 2. The molecule has 1 aliphatic carbocycles. The highest BCUT2D eigenvalue weighted by atomic mass is 32.1. The molecule has 2 fully saturated rings. The summed E-state index contributed by atoms with van der Waals surface area (Å²) in [6.45, 7) is 1.22. The summed E-state index contributed by atoms with van der Waals surface area (Å²) in [4.78, 5) is 18.0. The van der Waals surface area contributed by atoms with Gasteiger partial charge in [-0.3, -0.25) is 9.36 Å². The molecule has 6 heteroatoms. The second-order valence-corrected chi connectivity index (χ2v) is 7.58. The molecule has 0 bridgehead atoms. The summed E-state index contributed by atoms with van der Waals surface area (Å²) in [5, 5.41) is 10.8. The van der Waals surface area contributed by atoms with Crippen molar-refractivity contribution in [1.29, 1.82) is 0 Å². The lowest BCUT2D eigenvalue weighted by Gasteiger charge is -2.47. The van der Waals surface area contributed by atoms with Gasteiger partial charge in [-0.05, 0) is 43.6 Å². The van der Waals surface area contributed by atoms with E-state index in [1.54, 1.807) is 10.8 Å². The highest BCUT2D eigenvalue weighted by molar-refractivity contribution is 7.71. The first-order valence-electron chi connectivity index (χ1n) is 8.96. The number of piperidine rings is 1. The quantitative estimate of drug-likeness (QED) is 0.811. The lowest BCUT2D eigenvalue weighted by Crippen LogP contribution is -2.54. The highest BCUT2D eigenvalue weighted by Gasteiger charge is 2.44. The lowest BCUT2D eigenvalue weighted by atomic mass is 9.71. The van der Waals surface area contributed by atoms with Crippen molar-refractivity contribution >= 4 is 18.1 Å². The van der Waals surface area contributed by atoms with Crippen LogP contribution in [-0.2, 0) is 0 Å². The van der Waals surface area contributed by atoms with E-state index >= 15 is 0 Å². The molecule has 1 aromatic carbocycles. The molecule has 2 N–H and O–H groups in total. The molecule has 2 unspecified atom stereocenters. The Morgan fingerprint density at radius 1 is 1.24 bits per heavy atom. The molecule has 2 heterocycles. The van der Waals surface area contributed by atoms with Crippen molar-refractivity contribution in [2.45, 2.75) is 37.7 Å². The lowest BCUT2D eigenvalue weighted by molar-refractivity contribution is -0.0887. The number of carbonyl (C=O) groups is 1. The number of imidazole rings is 1. The second-order valence-electron chi connectivity index (χ2n) is 7.20. The fraction of sp³-hybridized carbons (Fsp3) is 0.474. The second kappa shape index (κ2) is 6.42. The van der Waals surface area contributed by atoms with Crippen molar-refractivity contribution in [2.75, 3.05) is 13.1 Å². The van der Waals surface area contributed by atoms with E-state index in [0.717, 1.165) is 31.4 Å². The number of aromatic amines is 1. The van der Waals surface area contributed by atoms with Crippen LogP contribution in [-0.4, -0.2) is 44.2 Å². The van der Waals surface area contributed by atoms with Crippen molar-refractivity contribution in [3.8, 4) is 5.69 Å². The van der Waals surface area contributed by atoms with Gasteiger partial charge in [-0.2, -0.15) is 0 Å². The zero-order valence-electron chi connectivity index (χ0n) is 14.1. The van der Waals surface area contributed by atoms with Crippen molar-refractivity contribution in [1.82, 2.24) is 14.5 Å². The predicted octanol–water partition coefficient (Wildman–Crippen LogP) is 3.30.